The Morgan fingerprint density at radius 2 is 1.34 bits per heavy atom. The topological polar surface area (TPSA) is 84.4 Å². The van der Waals surface area contributed by atoms with Gasteiger partial charge in [-0.15, -0.1) is 0 Å². The van der Waals surface area contributed by atoms with Crippen molar-refractivity contribution in [3.8, 4) is 11.5 Å². The van der Waals surface area contributed by atoms with Gasteiger partial charge in [0.15, 0.2) is 11.5 Å². The number of halogens is 1. The van der Waals surface area contributed by atoms with E-state index in [4.69, 9.17) is 0 Å². The standard InChI is InChI=1S/C30H22FN5OS/c1-38(37)24-17-18-32-29(34-24)27-25-26(23(31)19-33-28(25)36-35-27)30(20-11-5-2-6-12-20,21-13-7-3-8-14-21)22-15-9-4-10-16-22/h2-19H,1H3,(H,33,35,36). The summed E-state index contributed by atoms with van der Waals surface area (Å²) in [4.78, 5) is 13.2. The van der Waals surface area contributed by atoms with Gasteiger partial charge < -0.3 is 0 Å². The normalized spacial score (nSPS) is 12.5. The Morgan fingerprint density at radius 3 is 1.87 bits per heavy atom. The molecule has 6 nitrogen and oxygen atoms in total. The monoisotopic (exact) mass is 519 g/mol. The van der Waals surface area contributed by atoms with Gasteiger partial charge in [-0.2, -0.15) is 5.10 Å². The molecule has 0 aliphatic heterocycles. The Balaban J connectivity index is 1.80. The van der Waals surface area contributed by atoms with E-state index in [-0.39, 0.29) is 5.82 Å². The van der Waals surface area contributed by atoms with Crippen molar-refractivity contribution in [2.75, 3.05) is 6.26 Å². The molecule has 0 aliphatic rings. The average molecular weight is 520 g/mol. The van der Waals surface area contributed by atoms with Gasteiger partial charge in [-0.25, -0.2) is 19.3 Å². The molecule has 0 saturated carbocycles. The van der Waals surface area contributed by atoms with Crippen molar-refractivity contribution in [1.29, 1.82) is 0 Å². The third-order valence-corrected chi connectivity index (χ3v) is 7.50. The van der Waals surface area contributed by atoms with Gasteiger partial charge in [-0.3, -0.25) is 9.31 Å². The van der Waals surface area contributed by atoms with E-state index in [1.807, 2.05) is 91.0 Å². The summed E-state index contributed by atoms with van der Waals surface area (Å²) in [7, 11) is -1.33. The lowest BCUT2D eigenvalue weighted by Gasteiger charge is -2.37. The fourth-order valence-corrected chi connectivity index (χ4v) is 5.58. The predicted molar refractivity (Wildman–Crippen MR) is 146 cm³/mol. The highest BCUT2D eigenvalue weighted by molar-refractivity contribution is 7.84. The smallest absolute Gasteiger partial charge is 0.182 e. The maximum atomic E-state index is 16.5. The van der Waals surface area contributed by atoms with Crippen LogP contribution in [0.25, 0.3) is 22.6 Å². The Morgan fingerprint density at radius 1 is 0.789 bits per heavy atom. The van der Waals surface area contributed by atoms with Crippen molar-refractivity contribution < 1.29 is 8.60 Å². The number of hydrogen-bond acceptors (Lipinski definition) is 5. The molecule has 8 heteroatoms. The molecule has 186 valence electrons. The fourth-order valence-electron chi connectivity index (χ4n) is 5.11. The lowest BCUT2D eigenvalue weighted by Crippen LogP contribution is -2.32. The van der Waals surface area contributed by atoms with Crippen LogP contribution in [-0.2, 0) is 16.2 Å². The number of hydrogen-bond donors (Lipinski definition) is 1. The minimum atomic E-state index is -1.33. The summed E-state index contributed by atoms with van der Waals surface area (Å²) in [5.41, 5.74) is 2.66. The number of H-pyrrole nitrogens is 1. The van der Waals surface area contributed by atoms with Crippen LogP contribution in [0.2, 0.25) is 0 Å². The summed E-state index contributed by atoms with van der Waals surface area (Å²) in [6.45, 7) is 0. The van der Waals surface area contributed by atoms with Crippen molar-refractivity contribution in [3.63, 3.8) is 0 Å². The van der Waals surface area contributed by atoms with Crippen molar-refractivity contribution in [2.45, 2.75) is 10.4 Å². The van der Waals surface area contributed by atoms with Gasteiger partial charge in [0.25, 0.3) is 0 Å². The number of rotatable bonds is 6. The van der Waals surface area contributed by atoms with Crippen LogP contribution in [-0.4, -0.2) is 35.6 Å². The first-order valence-corrected chi connectivity index (χ1v) is 13.5. The Bertz CT molecular complexity index is 1660. The Hall–Kier alpha value is -4.56. The van der Waals surface area contributed by atoms with Crippen molar-refractivity contribution >= 4 is 21.8 Å². The number of aromatic amines is 1. The van der Waals surface area contributed by atoms with E-state index in [1.54, 1.807) is 12.3 Å². The zero-order valence-electron chi connectivity index (χ0n) is 20.4. The molecular formula is C30H22FN5OS. The van der Waals surface area contributed by atoms with E-state index in [1.165, 1.54) is 12.4 Å². The summed E-state index contributed by atoms with van der Waals surface area (Å²) in [5, 5.41) is 8.22. The third-order valence-electron chi connectivity index (χ3n) is 6.68. The molecule has 0 aliphatic carbocycles. The Kier molecular flexibility index (Phi) is 6.09. The maximum absolute atomic E-state index is 16.5. The van der Waals surface area contributed by atoms with E-state index in [0.29, 0.717) is 27.3 Å². The third kappa shape index (κ3) is 3.81. The van der Waals surface area contributed by atoms with Gasteiger partial charge >= 0.3 is 0 Å². The number of aromatic nitrogens is 5. The summed E-state index contributed by atoms with van der Waals surface area (Å²) >= 11 is 0. The molecule has 3 aromatic carbocycles. The first-order chi connectivity index (χ1) is 18.6. The average Bonchev–Trinajstić information content (AvgIpc) is 3.40. The van der Waals surface area contributed by atoms with Crippen LogP contribution in [0.4, 0.5) is 4.39 Å². The van der Waals surface area contributed by atoms with E-state index in [2.05, 4.69) is 25.1 Å². The molecule has 0 radical (unpaired) electrons. The van der Waals surface area contributed by atoms with Gasteiger partial charge in [0, 0.05) is 18.0 Å². The van der Waals surface area contributed by atoms with Gasteiger partial charge in [-0.1, -0.05) is 91.0 Å². The van der Waals surface area contributed by atoms with E-state index in [0.717, 1.165) is 16.7 Å². The summed E-state index contributed by atoms with van der Waals surface area (Å²) in [6.07, 6.45) is 4.30. The quantitative estimate of drug-likeness (QED) is 0.226. The zero-order chi connectivity index (χ0) is 26.1. The van der Waals surface area contributed by atoms with Gasteiger partial charge in [-0.05, 0) is 22.8 Å². The molecule has 0 amide bonds. The molecule has 1 atom stereocenters. The molecule has 6 aromatic rings. The van der Waals surface area contributed by atoms with E-state index in [9.17, 15) is 4.21 Å². The highest BCUT2D eigenvalue weighted by atomic mass is 32.2. The van der Waals surface area contributed by atoms with Crippen molar-refractivity contribution in [2.24, 2.45) is 0 Å². The van der Waals surface area contributed by atoms with Gasteiger partial charge in [0.2, 0.25) is 0 Å². The lowest BCUT2D eigenvalue weighted by atomic mass is 9.64. The maximum Gasteiger partial charge on any atom is 0.182 e. The highest BCUT2D eigenvalue weighted by Crippen LogP contribution is 2.49. The largest absolute Gasteiger partial charge is 0.272 e. The first kappa shape index (κ1) is 23.8. The molecular weight excluding hydrogens is 497 g/mol. The fraction of sp³-hybridized carbons (Fsp3) is 0.0667. The molecule has 0 bridgehead atoms. The Labute approximate surface area is 221 Å². The second-order valence-corrected chi connectivity index (χ2v) is 10.1. The minimum absolute atomic E-state index is 0.261. The van der Waals surface area contributed by atoms with Crippen LogP contribution in [0.15, 0.2) is 114 Å². The second-order valence-electron chi connectivity index (χ2n) is 8.80. The lowest BCUT2D eigenvalue weighted by molar-refractivity contribution is 0.580. The number of nitrogens with one attached hydrogen (secondary N) is 1. The molecule has 6 rings (SSSR count). The number of pyridine rings is 1. The summed E-state index contributed by atoms with van der Waals surface area (Å²) < 4.78 is 28.6. The van der Waals surface area contributed by atoms with Crippen LogP contribution in [0.1, 0.15) is 22.3 Å². The highest BCUT2D eigenvalue weighted by Gasteiger charge is 2.43. The van der Waals surface area contributed by atoms with Crippen LogP contribution < -0.4 is 0 Å². The zero-order valence-corrected chi connectivity index (χ0v) is 21.2. The first-order valence-electron chi connectivity index (χ1n) is 12.0. The molecule has 0 saturated heterocycles. The van der Waals surface area contributed by atoms with Crippen molar-refractivity contribution in [1.82, 2.24) is 25.1 Å². The minimum Gasteiger partial charge on any atom is -0.272 e. The molecule has 0 spiro atoms. The van der Waals surface area contributed by atoms with Crippen molar-refractivity contribution in [3.05, 3.63) is 138 Å². The molecule has 3 aromatic heterocycles. The number of fused-ring (bicyclic) bond motifs is 1. The summed E-state index contributed by atoms with van der Waals surface area (Å²) in [6, 6.07) is 31.1. The molecule has 0 fully saturated rings. The van der Waals surface area contributed by atoms with E-state index < -0.39 is 22.0 Å². The molecule has 38 heavy (non-hydrogen) atoms. The second kappa shape index (κ2) is 9.72. The number of benzene rings is 3. The molecule has 3 heterocycles. The SMILES string of the molecule is CS(=O)c1ccnc(-c2[nH]nc3ncc(F)c(C(c4ccccc4)(c4ccccc4)c4ccccc4)c23)n1. The van der Waals surface area contributed by atoms with Crippen LogP contribution in [0.5, 0.6) is 0 Å². The van der Waals surface area contributed by atoms with Crippen LogP contribution in [0.3, 0.4) is 0 Å². The van der Waals surface area contributed by atoms with Crippen LogP contribution in [0, 0.1) is 5.82 Å². The van der Waals surface area contributed by atoms with Gasteiger partial charge in [0.1, 0.15) is 16.5 Å². The van der Waals surface area contributed by atoms with Gasteiger partial charge in [0.05, 0.1) is 27.8 Å². The predicted octanol–water partition coefficient (Wildman–Crippen LogP) is 5.67. The molecule has 1 N–H and O–H groups in total. The van der Waals surface area contributed by atoms with E-state index >= 15 is 4.39 Å². The summed E-state index contributed by atoms with van der Waals surface area (Å²) in [5.74, 6) is -0.233. The number of nitrogens with zero attached hydrogens (tertiary/aromatic N) is 4. The van der Waals surface area contributed by atoms with Crippen LogP contribution >= 0.6 is 0 Å². The molecule has 1 unspecified atom stereocenters.